The monoisotopic (exact) mass is 694 g/mol. The van der Waals surface area contributed by atoms with Crippen molar-refractivity contribution in [1.82, 2.24) is 0 Å². The van der Waals surface area contributed by atoms with Crippen molar-refractivity contribution in [1.29, 1.82) is 0 Å². The molecule has 1 saturated carbocycles. The lowest BCUT2D eigenvalue weighted by Gasteiger charge is -2.49. The van der Waals surface area contributed by atoms with E-state index in [2.05, 4.69) is 38.7 Å². The summed E-state index contributed by atoms with van der Waals surface area (Å²) >= 11 is 0. The molecule has 0 spiro atoms. The maximum atomic E-state index is 10.9. The summed E-state index contributed by atoms with van der Waals surface area (Å²) in [7, 11) is 0. The molecule has 3 fully saturated rings. The van der Waals surface area contributed by atoms with Crippen molar-refractivity contribution in [2.75, 3.05) is 0 Å². The van der Waals surface area contributed by atoms with Gasteiger partial charge in [-0.05, 0) is 82.6 Å². The lowest BCUT2D eigenvalue weighted by atomic mass is 9.55. The topological polar surface area (TPSA) is 136 Å². The van der Waals surface area contributed by atoms with Gasteiger partial charge in [-0.1, -0.05) is 64.9 Å². The van der Waals surface area contributed by atoms with Gasteiger partial charge in [0.15, 0.2) is 12.6 Å². The van der Waals surface area contributed by atoms with E-state index in [4.69, 9.17) is 28.4 Å². The first-order chi connectivity index (χ1) is 23.3. The summed E-state index contributed by atoms with van der Waals surface area (Å²) in [5.41, 5.74) is 1.32. The molecule has 0 amide bonds. The lowest BCUT2D eigenvalue weighted by molar-refractivity contribution is -0.402. The van der Waals surface area contributed by atoms with E-state index in [1.54, 1.807) is 13.8 Å². The van der Waals surface area contributed by atoms with Crippen molar-refractivity contribution in [2.24, 2.45) is 23.2 Å². The van der Waals surface area contributed by atoms with Crippen molar-refractivity contribution in [2.45, 2.75) is 200 Å². The van der Waals surface area contributed by atoms with Crippen molar-refractivity contribution < 1.29 is 48.8 Å². The van der Waals surface area contributed by atoms with Crippen LogP contribution in [0.3, 0.4) is 0 Å². The van der Waals surface area contributed by atoms with Crippen LogP contribution in [0.25, 0.3) is 0 Å². The molecule has 0 aromatic rings. The second-order valence-electron chi connectivity index (χ2n) is 15.4. The van der Waals surface area contributed by atoms with Gasteiger partial charge in [-0.15, -0.1) is 0 Å². The SMILES string of the molecule is C/C=C1\CC2CCC(C)[C@@](C)(CCCCC)[C@@H]2C#CCC1OC(OC(C)CC)C(OC1OC(C)C(O)CC1O)OC1OC(C)CC(O)C1O. The Hall–Kier alpha value is -1.10. The van der Waals surface area contributed by atoms with Gasteiger partial charge >= 0.3 is 0 Å². The van der Waals surface area contributed by atoms with Crippen LogP contribution in [0.2, 0.25) is 0 Å². The van der Waals surface area contributed by atoms with E-state index >= 15 is 0 Å². The molecular weight excluding hydrogens is 628 g/mol. The Morgan fingerprint density at radius 1 is 0.918 bits per heavy atom. The van der Waals surface area contributed by atoms with Crippen LogP contribution in [0.4, 0.5) is 0 Å². The third kappa shape index (κ3) is 10.3. The maximum absolute atomic E-state index is 10.9. The summed E-state index contributed by atoms with van der Waals surface area (Å²) in [5, 5.41) is 42.6. The largest absolute Gasteiger partial charge is 0.390 e. The van der Waals surface area contributed by atoms with Crippen LogP contribution >= 0.6 is 0 Å². The number of fused-ring (bicyclic) bond motifs is 1. The smallest absolute Gasteiger partial charge is 0.214 e. The highest BCUT2D eigenvalue weighted by Crippen LogP contribution is 2.53. The van der Waals surface area contributed by atoms with Crippen molar-refractivity contribution >= 4 is 0 Å². The van der Waals surface area contributed by atoms with Crippen LogP contribution in [0.5, 0.6) is 0 Å². The summed E-state index contributed by atoms with van der Waals surface area (Å²) in [6.45, 7) is 16.6. The maximum Gasteiger partial charge on any atom is 0.214 e. The molecule has 2 aliphatic carbocycles. The minimum absolute atomic E-state index is 0.0497. The molecule has 10 heteroatoms. The average Bonchev–Trinajstić information content (AvgIpc) is 3.05. The normalized spacial score (nSPS) is 42.7. The Morgan fingerprint density at radius 3 is 2.35 bits per heavy atom. The molecule has 2 heterocycles. The van der Waals surface area contributed by atoms with Gasteiger partial charge in [0.2, 0.25) is 12.6 Å². The highest BCUT2D eigenvalue weighted by atomic mass is 16.8. The summed E-state index contributed by atoms with van der Waals surface area (Å²) in [5.74, 6) is 8.62. The first-order valence-electron chi connectivity index (χ1n) is 19.1. The van der Waals surface area contributed by atoms with Crippen LogP contribution in [-0.2, 0) is 28.4 Å². The first-order valence-corrected chi connectivity index (χ1v) is 19.1. The Kier molecular flexibility index (Phi) is 15.4. The van der Waals surface area contributed by atoms with Crippen molar-refractivity contribution in [3.63, 3.8) is 0 Å². The summed E-state index contributed by atoms with van der Waals surface area (Å²) < 4.78 is 37.7. The molecule has 4 rings (SSSR count). The van der Waals surface area contributed by atoms with Crippen LogP contribution in [0, 0.1) is 35.0 Å². The molecule has 2 saturated heterocycles. The quantitative estimate of drug-likeness (QED) is 0.0790. The third-order valence-electron chi connectivity index (χ3n) is 11.7. The van der Waals surface area contributed by atoms with Gasteiger partial charge in [0.1, 0.15) is 12.2 Å². The number of hydrogen-bond acceptors (Lipinski definition) is 10. The second kappa shape index (κ2) is 18.6. The minimum Gasteiger partial charge on any atom is -0.390 e. The highest BCUT2D eigenvalue weighted by Gasteiger charge is 2.47. The predicted octanol–water partition coefficient (Wildman–Crippen LogP) is 5.58. The fraction of sp³-hybridized carbons (Fsp3) is 0.897. The van der Waals surface area contributed by atoms with Crippen LogP contribution in [0.15, 0.2) is 11.6 Å². The molecule has 14 unspecified atom stereocenters. The first kappa shape index (κ1) is 40.7. The van der Waals surface area contributed by atoms with E-state index in [0.717, 1.165) is 18.4 Å². The van der Waals surface area contributed by atoms with Crippen molar-refractivity contribution in [3.8, 4) is 11.8 Å². The van der Waals surface area contributed by atoms with Crippen LogP contribution < -0.4 is 0 Å². The Labute approximate surface area is 295 Å². The minimum atomic E-state index is -1.35. The fourth-order valence-corrected chi connectivity index (χ4v) is 8.01. The molecule has 0 bridgehead atoms. The highest BCUT2D eigenvalue weighted by molar-refractivity contribution is 5.22. The van der Waals surface area contributed by atoms with Gasteiger partial charge in [-0.2, -0.15) is 0 Å². The van der Waals surface area contributed by atoms with Gasteiger partial charge in [0.05, 0.1) is 36.6 Å². The summed E-state index contributed by atoms with van der Waals surface area (Å²) in [6.07, 6.45) is 0.610. The second-order valence-corrected chi connectivity index (χ2v) is 15.4. The molecule has 0 aromatic heterocycles. The molecule has 16 atom stereocenters. The molecule has 0 aromatic carbocycles. The fourth-order valence-electron chi connectivity index (χ4n) is 8.01. The van der Waals surface area contributed by atoms with E-state index in [-0.39, 0.29) is 30.5 Å². The third-order valence-corrected chi connectivity index (χ3v) is 11.7. The van der Waals surface area contributed by atoms with E-state index in [0.29, 0.717) is 30.6 Å². The molecule has 4 aliphatic rings. The molecule has 10 nitrogen and oxygen atoms in total. The van der Waals surface area contributed by atoms with Crippen LogP contribution in [0.1, 0.15) is 126 Å². The van der Waals surface area contributed by atoms with Gasteiger partial charge < -0.3 is 48.8 Å². The zero-order chi connectivity index (χ0) is 35.9. The average molecular weight is 695 g/mol. The van der Waals surface area contributed by atoms with E-state index < -0.39 is 61.8 Å². The number of rotatable bonds is 14. The van der Waals surface area contributed by atoms with Gasteiger partial charge in [-0.25, -0.2) is 0 Å². The summed E-state index contributed by atoms with van der Waals surface area (Å²) in [4.78, 5) is 0. The Balaban J connectivity index is 1.64. The van der Waals surface area contributed by atoms with E-state index in [9.17, 15) is 20.4 Å². The molecule has 4 N–H and O–H groups in total. The number of allylic oxidation sites excluding steroid dienone is 1. The van der Waals surface area contributed by atoms with Gasteiger partial charge in [0, 0.05) is 25.2 Å². The van der Waals surface area contributed by atoms with Crippen molar-refractivity contribution in [3.05, 3.63) is 11.6 Å². The standard InChI is InChI=1S/C39H66O10/c1-9-12-13-19-39(8)23(4)17-18-28-21-27(11-3)33(16-14-15-29(28)39)47-37(44-24(5)10-2)38(48-35-32(42)22-30(40)26(7)46-35)49-36-34(43)31(41)20-25(6)45-36/h11,23-26,28-38,40-43H,9-10,12-13,16-22H2,1-8H3/b27-11+/t23?,24?,25?,26?,28?,29-,30?,31?,32?,33?,34?,35?,36?,37?,38?,39-/m1/s1. The number of ether oxygens (including phenoxy) is 6. The Bertz CT molecular complexity index is 1110. The number of aliphatic hydroxyl groups excluding tert-OH is 4. The molecule has 0 radical (unpaired) electrons. The molecular formula is C39H66O10. The zero-order valence-corrected chi connectivity index (χ0v) is 31.3. The lowest BCUT2D eigenvalue weighted by Crippen LogP contribution is -2.55. The summed E-state index contributed by atoms with van der Waals surface area (Å²) in [6, 6.07) is 0. The predicted molar refractivity (Wildman–Crippen MR) is 186 cm³/mol. The molecule has 282 valence electrons. The molecule has 2 aliphatic heterocycles. The van der Waals surface area contributed by atoms with E-state index in [1.165, 1.54) is 32.1 Å². The molecule has 49 heavy (non-hydrogen) atoms. The van der Waals surface area contributed by atoms with Gasteiger partial charge in [-0.3, -0.25) is 0 Å². The van der Waals surface area contributed by atoms with Gasteiger partial charge in [0.25, 0.3) is 0 Å². The zero-order valence-electron chi connectivity index (χ0n) is 31.3. The van der Waals surface area contributed by atoms with Crippen LogP contribution in [-0.4, -0.2) is 94.4 Å². The number of hydrogen-bond donors (Lipinski definition) is 4. The number of unbranched alkanes of at least 4 members (excludes halogenated alkanes) is 2. The van der Waals surface area contributed by atoms with E-state index in [1.807, 2.05) is 20.8 Å². The number of aliphatic hydroxyl groups is 4. The Morgan fingerprint density at radius 2 is 1.65 bits per heavy atom.